The van der Waals surface area contributed by atoms with Crippen LogP contribution >= 0.6 is 11.3 Å². The molecule has 4 heterocycles. The lowest BCUT2D eigenvalue weighted by atomic mass is 9.97. The van der Waals surface area contributed by atoms with Gasteiger partial charge in [0.25, 0.3) is 0 Å². The number of morpholine rings is 2. The average molecular weight is 494 g/mol. The van der Waals surface area contributed by atoms with Crippen molar-refractivity contribution in [2.45, 2.75) is 30.3 Å². The number of anilines is 1. The first-order valence-corrected chi connectivity index (χ1v) is 13.3. The minimum Gasteiger partial charge on any atom is -0.444 e. The maximum atomic E-state index is 13.1. The summed E-state index contributed by atoms with van der Waals surface area (Å²) in [5.74, 6) is 1.42. The number of hydrogen-bond donors (Lipinski definition) is 2. The van der Waals surface area contributed by atoms with Crippen LogP contribution in [0.4, 0.5) is 5.13 Å². The molecule has 178 valence electrons. The Bertz CT molecular complexity index is 1210. The van der Waals surface area contributed by atoms with E-state index in [9.17, 15) is 8.42 Å². The molecule has 0 aliphatic carbocycles. The van der Waals surface area contributed by atoms with E-state index in [-0.39, 0.29) is 11.4 Å². The van der Waals surface area contributed by atoms with E-state index in [0.29, 0.717) is 49.5 Å². The van der Waals surface area contributed by atoms with Crippen molar-refractivity contribution in [1.29, 1.82) is 0 Å². The molecule has 10 nitrogen and oxygen atoms in total. The van der Waals surface area contributed by atoms with Gasteiger partial charge in [-0.15, -0.1) is 0 Å². The summed E-state index contributed by atoms with van der Waals surface area (Å²) in [4.78, 5) is 11.2. The number of fused-ring (bicyclic) bond motifs is 2. The Morgan fingerprint density at radius 3 is 2.73 bits per heavy atom. The molecular formula is C21H27N5O5S2. The second-order valence-corrected chi connectivity index (χ2v) is 11.0. The number of oxazole rings is 1. The molecule has 2 saturated heterocycles. The molecular weight excluding hydrogens is 466 g/mol. The van der Waals surface area contributed by atoms with E-state index in [1.807, 2.05) is 6.92 Å². The van der Waals surface area contributed by atoms with Crippen LogP contribution in [0.25, 0.3) is 10.2 Å². The van der Waals surface area contributed by atoms with Gasteiger partial charge in [-0.2, -0.15) is 0 Å². The molecule has 2 aliphatic rings. The van der Waals surface area contributed by atoms with Gasteiger partial charge < -0.3 is 19.2 Å². The van der Waals surface area contributed by atoms with Crippen LogP contribution in [0.3, 0.4) is 0 Å². The van der Waals surface area contributed by atoms with E-state index in [1.165, 1.54) is 11.3 Å². The van der Waals surface area contributed by atoms with Gasteiger partial charge in [-0.05, 0) is 18.2 Å². The Hall–Kier alpha value is -2.09. The molecule has 5 rings (SSSR count). The van der Waals surface area contributed by atoms with Crippen molar-refractivity contribution in [1.82, 2.24) is 19.6 Å². The quantitative estimate of drug-likeness (QED) is 0.484. The molecule has 0 amide bonds. The molecule has 3 aromatic rings. The Kier molecular flexibility index (Phi) is 6.38. The lowest BCUT2D eigenvalue weighted by Gasteiger charge is -2.49. The van der Waals surface area contributed by atoms with E-state index in [1.54, 1.807) is 24.4 Å². The second-order valence-electron chi connectivity index (χ2n) is 8.22. The number of benzene rings is 1. The molecule has 33 heavy (non-hydrogen) atoms. The fourth-order valence-electron chi connectivity index (χ4n) is 4.11. The Morgan fingerprint density at radius 1 is 1.21 bits per heavy atom. The minimum absolute atomic E-state index is 0.184. The number of hydrogen-bond acceptors (Lipinski definition) is 10. The van der Waals surface area contributed by atoms with Crippen molar-refractivity contribution in [3.63, 3.8) is 0 Å². The Balaban J connectivity index is 1.28. The maximum Gasteiger partial charge on any atom is 0.240 e. The molecule has 0 unspecified atom stereocenters. The van der Waals surface area contributed by atoms with Crippen LogP contribution in [0.5, 0.6) is 0 Å². The number of rotatable bonds is 8. The number of sulfonamides is 1. The van der Waals surface area contributed by atoms with Crippen molar-refractivity contribution in [3.8, 4) is 0 Å². The molecule has 0 spiro atoms. The van der Waals surface area contributed by atoms with Gasteiger partial charge in [-0.25, -0.2) is 23.1 Å². The Morgan fingerprint density at radius 2 is 2.00 bits per heavy atom. The monoisotopic (exact) mass is 493 g/mol. The summed E-state index contributed by atoms with van der Waals surface area (Å²) in [7, 11) is -3.72. The summed E-state index contributed by atoms with van der Waals surface area (Å²) < 4.78 is 46.7. The molecule has 1 aromatic carbocycles. The van der Waals surface area contributed by atoms with E-state index in [4.69, 9.17) is 13.9 Å². The largest absolute Gasteiger partial charge is 0.444 e. The minimum atomic E-state index is -3.72. The zero-order valence-corrected chi connectivity index (χ0v) is 20.0. The third-order valence-corrected chi connectivity index (χ3v) is 8.42. The van der Waals surface area contributed by atoms with Gasteiger partial charge in [-0.3, -0.25) is 4.90 Å². The van der Waals surface area contributed by atoms with Crippen molar-refractivity contribution in [2.24, 2.45) is 0 Å². The van der Waals surface area contributed by atoms with E-state index >= 15 is 0 Å². The third-order valence-electron chi connectivity index (χ3n) is 6.02. The number of aromatic nitrogens is 2. The van der Waals surface area contributed by atoms with Gasteiger partial charge in [0.05, 0.1) is 59.8 Å². The first-order chi connectivity index (χ1) is 16.0. The second kappa shape index (κ2) is 9.28. The lowest BCUT2D eigenvalue weighted by Crippen LogP contribution is -2.67. The fourth-order valence-corrected chi connectivity index (χ4v) is 6.09. The smallest absolute Gasteiger partial charge is 0.240 e. The molecule has 12 heteroatoms. The van der Waals surface area contributed by atoms with Crippen LogP contribution in [-0.4, -0.2) is 74.9 Å². The van der Waals surface area contributed by atoms with Crippen molar-refractivity contribution < 1.29 is 22.3 Å². The SMILES string of the molecule is CCc1cnc(CNc2nc3cc(S(=O)(=O)NCC45COCCN4CCOC5)ccc3s2)o1. The highest BCUT2D eigenvalue weighted by Crippen LogP contribution is 2.29. The van der Waals surface area contributed by atoms with Gasteiger partial charge in [0.15, 0.2) is 5.13 Å². The molecule has 0 bridgehead atoms. The van der Waals surface area contributed by atoms with Crippen LogP contribution in [0.15, 0.2) is 33.7 Å². The summed E-state index contributed by atoms with van der Waals surface area (Å²) >= 11 is 1.45. The van der Waals surface area contributed by atoms with E-state index in [2.05, 4.69) is 24.9 Å². The molecule has 0 radical (unpaired) electrons. The first kappa shape index (κ1) is 22.7. The van der Waals surface area contributed by atoms with Crippen LogP contribution in [0.2, 0.25) is 0 Å². The summed E-state index contributed by atoms with van der Waals surface area (Å²) in [6.07, 6.45) is 2.51. The highest BCUT2D eigenvalue weighted by molar-refractivity contribution is 7.89. The highest BCUT2D eigenvalue weighted by Gasteiger charge is 2.43. The van der Waals surface area contributed by atoms with Gasteiger partial charge in [0.1, 0.15) is 5.76 Å². The summed E-state index contributed by atoms with van der Waals surface area (Å²) in [5, 5.41) is 3.88. The van der Waals surface area contributed by atoms with Gasteiger partial charge >= 0.3 is 0 Å². The van der Waals surface area contributed by atoms with Crippen molar-refractivity contribution in [2.75, 3.05) is 51.4 Å². The maximum absolute atomic E-state index is 13.1. The van der Waals surface area contributed by atoms with Crippen LogP contribution in [0.1, 0.15) is 18.6 Å². The van der Waals surface area contributed by atoms with Crippen LogP contribution < -0.4 is 10.0 Å². The normalized spacial score (nSPS) is 18.9. The summed E-state index contributed by atoms with van der Waals surface area (Å²) in [6, 6.07) is 4.99. The van der Waals surface area contributed by atoms with E-state index < -0.39 is 15.6 Å². The zero-order valence-electron chi connectivity index (χ0n) is 18.4. The topological polar surface area (TPSA) is 119 Å². The number of nitrogens with one attached hydrogen (secondary N) is 2. The number of nitrogens with zero attached hydrogens (tertiary/aromatic N) is 3. The van der Waals surface area contributed by atoms with E-state index in [0.717, 1.165) is 30.0 Å². The fraction of sp³-hybridized carbons (Fsp3) is 0.524. The molecule has 2 aromatic heterocycles. The average Bonchev–Trinajstić information content (AvgIpc) is 3.47. The summed E-state index contributed by atoms with van der Waals surface area (Å²) in [6.45, 7) is 6.40. The van der Waals surface area contributed by atoms with Crippen molar-refractivity contribution in [3.05, 3.63) is 36.0 Å². The molecule has 2 aliphatic heterocycles. The summed E-state index contributed by atoms with van der Waals surface area (Å²) in [5.41, 5.74) is 0.150. The van der Waals surface area contributed by atoms with Crippen LogP contribution in [-0.2, 0) is 32.5 Å². The zero-order chi connectivity index (χ0) is 22.9. The number of ether oxygens (including phenoxy) is 2. The predicted molar refractivity (Wildman–Crippen MR) is 124 cm³/mol. The van der Waals surface area contributed by atoms with Crippen LogP contribution in [0, 0.1) is 0 Å². The molecule has 2 fully saturated rings. The number of aryl methyl sites for hydroxylation is 1. The lowest BCUT2D eigenvalue weighted by molar-refractivity contribution is -0.138. The molecule has 0 saturated carbocycles. The highest BCUT2D eigenvalue weighted by atomic mass is 32.2. The molecule has 0 atom stereocenters. The standard InChI is InChI=1S/C21H27N5O5S2/c1-2-15-10-22-19(31-15)11-23-20-25-17-9-16(3-4-18(17)32-20)33(27,28)24-12-21-13-29-7-5-26(21)6-8-30-14-21/h3-4,9-10,24H,2,5-8,11-14H2,1H3,(H,23,25). The predicted octanol–water partition coefficient (Wildman–Crippen LogP) is 1.84. The molecule has 2 N–H and O–H groups in total. The van der Waals surface area contributed by atoms with Crippen molar-refractivity contribution >= 4 is 36.7 Å². The van der Waals surface area contributed by atoms with Gasteiger partial charge in [-0.1, -0.05) is 18.3 Å². The number of thiazole rings is 1. The van der Waals surface area contributed by atoms with Gasteiger partial charge in [0, 0.05) is 26.1 Å². The first-order valence-electron chi connectivity index (χ1n) is 11.0. The third kappa shape index (κ3) is 4.77. The van der Waals surface area contributed by atoms with Gasteiger partial charge in [0.2, 0.25) is 15.9 Å². The Labute approximate surface area is 196 Å².